The molecule has 1 rings (SSSR count). The molecule has 0 amide bonds. The zero-order chi connectivity index (χ0) is 8.27. The van der Waals surface area contributed by atoms with E-state index in [0.717, 1.165) is 5.75 Å². The monoisotopic (exact) mass is 190 g/mol. The number of hydrogen-bond donors (Lipinski definition) is 1. The first kappa shape index (κ1) is 12.2. The molecule has 0 saturated carbocycles. The fraction of sp³-hybridized carbons (Fsp3) is 0.111. The van der Waals surface area contributed by atoms with Gasteiger partial charge in [0.05, 0.1) is 7.11 Å². The van der Waals surface area contributed by atoms with Gasteiger partial charge in [-0.05, 0) is 24.3 Å². The molecule has 0 atom stereocenters. The van der Waals surface area contributed by atoms with E-state index in [1.807, 2.05) is 0 Å². The summed E-state index contributed by atoms with van der Waals surface area (Å²) in [4.78, 5) is 0. The molecule has 0 spiro atoms. The number of aliphatic hydroxyl groups is 1. The Balaban J connectivity index is 0.00000121. The molecular weight excluding hydrogens is 179 g/mol. The molecular formula is C9H11KO2. The second kappa shape index (κ2) is 5.78. The molecule has 0 heterocycles. The molecule has 0 radical (unpaired) electrons. The normalized spacial score (nSPS) is 8.42. The van der Waals surface area contributed by atoms with E-state index in [-0.39, 0.29) is 57.1 Å². The Kier molecular flexibility index (Phi) is 5.87. The van der Waals surface area contributed by atoms with Crippen LogP contribution in [-0.2, 0) is 0 Å². The molecule has 0 aliphatic carbocycles. The van der Waals surface area contributed by atoms with Gasteiger partial charge in [-0.25, -0.2) is 0 Å². The van der Waals surface area contributed by atoms with Gasteiger partial charge in [0.2, 0.25) is 0 Å². The molecule has 0 fully saturated rings. The number of ether oxygens (including phenoxy) is 1. The van der Waals surface area contributed by atoms with Crippen LogP contribution in [0.3, 0.4) is 0 Å². The van der Waals surface area contributed by atoms with Crippen molar-refractivity contribution in [3.05, 3.63) is 36.4 Å². The van der Waals surface area contributed by atoms with Crippen molar-refractivity contribution in [2.75, 3.05) is 7.11 Å². The fourth-order valence-electron chi connectivity index (χ4n) is 0.783. The van der Waals surface area contributed by atoms with Gasteiger partial charge in [0.15, 0.2) is 0 Å². The molecule has 0 aliphatic heterocycles. The molecule has 2 nitrogen and oxygen atoms in total. The van der Waals surface area contributed by atoms with E-state index in [2.05, 4.69) is 6.58 Å². The van der Waals surface area contributed by atoms with Gasteiger partial charge in [0, 0.05) is 5.56 Å². The quantitative estimate of drug-likeness (QED) is 0.566. The summed E-state index contributed by atoms with van der Waals surface area (Å²) in [6.07, 6.45) is 0. The van der Waals surface area contributed by atoms with Crippen LogP contribution in [0.5, 0.6) is 5.75 Å². The predicted octanol–water partition coefficient (Wildman–Crippen LogP) is 1.58. The van der Waals surface area contributed by atoms with Crippen LogP contribution >= 0.6 is 0 Å². The number of aliphatic hydroxyl groups excluding tert-OH is 1. The molecule has 0 saturated heterocycles. The summed E-state index contributed by atoms with van der Waals surface area (Å²) < 4.78 is 4.94. The van der Waals surface area contributed by atoms with E-state index < -0.39 is 0 Å². The Morgan fingerprint density at radius 2 is 1.83 bits per heavy atom. The maximum atomic E-state index is 8.95. The average Bonchev–Trinajstić information content (AvgIpc) is 2.05. The number of hydrogen-bond acceptors (Lipinski definition) is 2. The van der Waals surface area contributed by atoms with Gasteiger partial charge in [-0.3, -0.25) is 0 Å². The SMILES string of the molecule is C=C(O)c1ccc(OC)cc1.[KH]. The van der Waals surface area contributed by atoms with Crippen LogP contribution in [0.25, 0.3) is 5.76 Å². The third kappa shape index (κ3) is 3.29. The van der Waals surface area contributed by atoms with Gasteiger partial charge in [0.25, 0.3) is 0 Å². The predicted molar refractivity (Wildman–Crippen MR) is 51.8 cm³/mol. The molecule has 0 aliphatic rings. The third-order valence-electron chi connectivity index (χ3n) is 1.42. The van der Waals surface area contributed by atoms with Crippen LogP contribution in [0.2, 0.25) is 0 Å². The van der Waals surface area contributed by atoms with Crippen molar-refractivity contribution in [3.8, 4) is 5.75 Å². The van der Waals surface area contributed by atoms with E-state index in [1.165, 1.54) is 0 Å². The van der Waals surface area contributed by atoms with Crippen LogP contribution in [0.1, 0.15) is 5.56 Å². The summed E-state index contributed by atoms with van der Waals surface area (Å²) in [6.45, 7) is 3.40. The molecule has 1 N–H and O–H groups in total. The summed E-state index contributed by atoms with van der Waals surface area (Å²) >= 11 is 0. The van der Waals surface area contributed by atoms with Crippen LogP contribution in [0.15, 0.2) is 30.8 Å². The summed E-state index contributed by atoms with van der Waals surface area (Å²) in [6, 6.07) is 7.05. The van der Waals surface area contributed by atoms with Crippen LogP contribution in [0.4, 0.5) is 0 Å². The van der Waals surface area contributed by atoms with Crippen molar-refractivity contribution in [1.82, 2.24) is 0 Å². The van der Waals surface area contributed by atoms with Crippen LogP contribution < -0.4 is 4.74 Å². The van der Waals surface area contributed by atoms with E-state index >= 15 is 0 Å². The molecule has 60 valence electrons. The molecule has 0 aromatic heterocycles. The summed E-state index contributed by atoms with van der Waals surface area (Å²) in [5.41, 5.74) is 0.714. The van der Waals surface area contributed by atoms with Gasteiger partial charge in [-0.15, -0.1) is 0 Å². The summed E-state index contributed by atoms with van der Waals surface area (Å²) in [5.74, 6) is 0.850. The van der Waals surface area contributed by atoms with Crippen LogP contribution in [0, 0.1) is 0 Å². The molecule has 0 bridgehead atoms. The maximum absolute atomic E-state index is 8.95. The van der Waals surface area contributed by atoms with Crippen molar-refractivity contribution in [3.63, 3.8) is 0 Å². The van der Waals surface area contributed by atoms with E-state index in [9.17, 15) is 0 Å². The summed E-state index contributed by atoms with van der Waals surface area (Å²) in [5, 5.41) is 8.95. The van der Waals surface area contributed by atoms with E-state index in [0.29, 0.717) is 5.56 Å². The minimum absolute atomic E-state index is 0. The van der Waals surface area contributed by atoms with E-state index in [1.54, 1.807) is 31.4 Å². The zero-order valence-electron chi connectivity index (χ0n) is 6.37. The van der Waals surface area contributed by atoms with Crippen molar-refractivity contribution in [2.45, 2.75) is 0 Å². The number of rotatable bonds is 2. The Hall–Kier alpha value is 0.196. The van der Waals surface area contributed by atoms with Gasteiger partial charge < -0.3 is 9.84 Å². The van der Waals surface area contributed by atoms with Gasteiger partial charge >= 0.3 is 51.4 Å². The first-order valence-electron chi connectivity index (χ1n) is 3.26. The Labute approximate surface area is 115 Å². The van der Waals surface area contributed by atoms with Crippen molar-refractivity contribution in [2.24, 2.45) is 0 Å². The zero-order valence-corrected chi connectivity index (χ0v) is 6.37. The van der Waals surface area contributed by atoms with Gasteiger partial charge in [-0.1, -0.05) is 6.58 Å². The summed E-state index contributed by atoms with van der Waals surface area (Å²) in [7, 11) is 1.60. The Morgan fingerprint density at radius 1 is 1.33 bits per heavy atom. The standard InChI is InChI=1S/C9H10O2.K.H/c1-7(10)8-3-5-9(11-2)6-4-8;;/h3-6,10H,1H2,2H3;;. The topological polar surface area (TPSA) is 29.5 Å². The molecule has 1 aromatic rings. The Morgan fingerprint density at radius 3 is 2.17 bits per heavy atom. The number of methoxy groups -OCH3 is 1. The van der Waals surface area contributed by atoms with Crippen molar-refractivity contribution in [1.29, 1.82) is 0 Å². The average molecular weight is 190 g/mol. The fourth-order valence-corrected chi connectivity index (χ4v) is 0.783. The van der Waals surface area contributed by atoms with Gasteiger partial charge in [-0.2, -0.15) is 0 Å². The van der Waals surface area contributed by atoms with Gasteiger partial charge in [0.1, 0.15) is 11.5 Å². The Bertz CT molecular complexity index is 254. The molecule has 0 unspecified atom stereocenters. The van der Waals surface area contributed by atoms with Crippen LogP contribution in [-0.4, -0.2) is 63.6 Å². The van der Waals surface area contributed by atoms with E-state index in [4.69, 9.17) is 9.84 Å². The number of benzene rings is 1. The minimum atomic E-state index is 0. The molecule has 3 heteroatoms. The van der Waals surface area contributed by atoms with Crippen molar-refractivity contribution >= 4 is 57.1 Å². The van der Waals surface area contributed by atoms with Crippen molar-refractivity contribution < 1.29 is 9.84 Å². The molecule has 1 aromatic carbocycles. The third-order valence-corrected chi connectivity index (χ3v) is 1.42. The first-order chi connectivity index (χ1) is 5.24. The molecule has 12 heavy (non-hydrogen) atoms. The second-order valence-electron chi connectivity index (χ2n) is 2.18. The second-order valence-corrected chi connectivity index (χ2v) is 2.18. The first-order valence-corrected chi connectivity index (χ1v) is 3.26.